The minimum absolute atomic E-state index is 0.0897. The van der Waals surface area contributed by atoms with E-state index in [1.807, 2.05) is 35.3 Å². The summed E-state index contributed by atoms with van der Waals surface area (Å²) in [7, 11) is 0. The minimum atomic E-state index is -0.0897. The van der Waals surface area contributed by atoms with E-state index in [2.05, 4.69) is 65.5 Å². The molecule has 0 atom stereocenters. The molecule has 0 unspecified atom stereocenters. The molecule has 0 saturated carbocycles. The number of thioether (sulfide) groups is 1. The first-order valence-corrected chi connectivity index (χ1v) is 14.9. The molecule has 3 heterocycles. The number of rotatable bonds is 9. The fraction of sp³-hybridized carbons (Fsp3) is 0.387. The van der Waals surface area contributed by atoms with E-state index in [4.69, 9.17) is 14.7 Å². The summed E-state index contributed by atoms with van der Waals surface area (Å²) in [5, 5.41) is 2.69. The van der Waals surface area contributed by atoms with Crippen LogP contribution >= 0.6 is 11.8 Å². The number of benzene rings is 2. The number of amides is 1. The van der Waals surface area contributed by atoms with Crippen molar-refractivity contribution < 1.29 is 9.53 Å². The van der Waals surface area contributed by atoms with Crippen molar-refractivity contribution in [3.8, 4) is 0 Å². The Hall–Kier alpha value is -3.24. The van der Waals surface area contributed by atoms with Crippen LogP contribution < -0.4 is 10.3 Å². The molecule has 0 radical (unpaired) electrons. The van der Waals surface area contributed by atoms with Crippen molar-refractivity contribution in [2.24, 2.45) is 0 Å². The highest BCUT2D eigenvalue weighted by atomic mass is 32.2. The van der Waals surface area contributed by atoms with Crippen LogP contribution in [0, 0.1) is 13.8 Å². The van der Waals surface area contributed by atoms with Gasteiger partial charge in [0.1, 0.15) is 5.82 Å². The van der Waals surface area contributed by atoms with Crippen molar-refractivity contribution in [1.82, 2.24) is 25.3 Å². The van der Waals surface area contributed by atoms with Gasteiger partial charge in [0, 0.05) is 68.4 Å². The van der Waals surface area contributed by atoms with Crippen molar-refractivity contribution in [1.29, 1.82) is 0 Å². The number of morpholine rings is 1. The van der Waals surface area contributed by atoms with Crippen molar-refractivity contribution in [2.75, 3.05) is 63.9 Å². The molecular formula is C31H38N6O2S. The van der Waals surface area contributed by atoms with Crippen LogP contribution in [0.4, 0.5) is 5.82 Å². The summed E-state index contributed by atoms with van der Waals surface area (Å²) in [6.07, 6.45) is 4.45. The fourth-order valence-electron chi connectivity index (χ4n) is 4.84. The van der Waals surface area contributed by atoms with Crippen LogP contribution in [0.1, 0.15) is 32.7 Å². The molecule has 0 bridgehead atoms. The lowest BCUT2D eigenvalue weighted by molar-refractivity contribution is 0.0126. The lowest BCUT2D eigenvalue weighted by atomic mass is 10.1. The molecule has 5 rings (SSSR count). The van der Waals surface area contributed by atoms with Gasteiger partial charge in [-0.2, -0.15) is 0 Å². The third kappa shape index (κ3) is 7.69. The number of carbonyl (C=O) groups is 1. The topological polar surface area (TPSA) is 73.8 Å². The highest BCUT2D eigenvalue weighted by Gasteiger charge is 2.21. The summed E-state index contributed by atoms with van der Waals surface area (Å²) in [5.74, 6) is 1.64. The molecule has 2 aromatic carbocycles. The number of aryl methyl sites for hydroxylation is 1. The monoisotopic (exact) mass is 558 g/mol. The number of hydrogen-bond donors (Lipinski definition) is 1. The third-order valence-corrected chi connectivity index (χ3v) is 8.23. The fourth-order valence-corrected chi connectivity index (χ4v) is 5.67. The number of piperazine rings is 1. The second kappa shape index (κ2) is 13.9. The van der Waals surface area contributed by atoms with Gasteiger partial charge >= 0.3 is 0 Å². The van der Waals surface area contributed by atoms with Crippen molar-refractivity contribution in [2.45, 2.75) is 24.8 Å². The lowest BCUT2D eigenvalue weighted by Crippen LogP contribution is -2.48. The number of hydrogen-bond acceptors (Lipinski definition) is 8. The van der Waals surface area contributed by atoms with Gasteiger partial charge in [-0.1, -0.05) is 66.4 Å². The first kappa shape index (κ1) is 28.3. The van der Waals surface area contributed by atoms with E-state index in [1.165, 1.54) is 5.56 Å². The second-order valence-corrected chi connectivity index (χ2v) is 11.1. The van der Waals surface area contributed by atoms with Crippen LogP contribution in [0.25, 0.3) is 6.08 Å². The molecule has 210 valence electrons. The smallest absolute Gasteiger partial charge is 0.265 e. The van der Waals surface area contributed by atoms with E-state index in [0.717, 1.165) is 60.5 Å². The molecule has 1 amide bonds. The van der Waals surface area contributed by atoms with Gasteiger partial charge in [0.05, 0.1) is 13.2 Å². The van der Waals surface area contributed by atoms with E-state index < -0.39 is 0 Å². The van der Waals surface area contributed by atoms with Gasteiger partial charge in [0.15, 0.2) is 5.16 Å². The molecule has 2 aliphatic heterocycles. The van der Waals surface area contributed by atoms with Gasteiger partial charge in [-0.3, -0.25) is 15.1 Å². The van der Waals surface area contributed by atoms with Gasteiger partial charge < -0.3 is 9.64 Å². The molecule has 2 saturated heterocycles. The molecule has 3 aromatic rings. The van der Waals surface area contributed by atoms with Gasteiger partial charge in [-0.15, -0.1) is 0 Å². The van der Waals surface area contributed by atoms with Crippen LogP contribution in [0.3, 0.4) is 0 Å². The Kier molecular flexibility index (Phi) is 9.83. The zero-order chi connectivity index (χ0) is 27.7. The average Bonchev–Trinajstić information content (AvgIpc) is 2.99. The van der Waals surface area contributed by atoms with Crippen LogP contribution in [-0.2, 0) is 10.5 Å². The third-order valence-electron chi connectivity index (χ3n) is 7.32. The van der Waals surface area contributed by atoms with Gasteiger partial charge in [-0.05, 0) is 37.1 Å². The van der Waals surface area contributed by atoms with Crippen LogP contribution in [0.5, 0.6) is 0 Å². The zero-order valence-electron chi connectivity index (χ0n) is 23.4. The minimum Gasteiger partial charge on any atom is -0.379 e. The molecule has 1 N–H and O–H groups in total. The molecule has 0 aliphatic carbocycles. The Morgan fingerprint density at radius 2 is 1.75 bits per heavy atom. The van der Waals surface area contributed by atoms with E-state index in [-0.39, 0.29) is 5.91 Å². The largest absolute Gasteiger partial charge is 0.379 e. The maximum atomic E-state index is 12.7. The Bertz CT molecular complexity index is 1300. The normalized spacial score (nSPS) is 16.9. The second-order valence-electron chi connectivity index (χ2n) is 10.2. The van der Waals surface area contributed by atoms with Crippen molar-refractivity contribution >= 4 is 29.6 Å². The van der Waals surface area contributed by atoms with Gasteiger partial charge in [0.25, 0.3) is 5.91 Å². The Balaban J connectivity index is 1.16. The Labute approximate surface area is 241 Å². The number of ether oxygens (including phenoxy) is 1. The maximum Gasteiger partial charge on any atom is 0.265 e. The van der Waals surface area contributed by atoms with Crippen molar-refractivity contribution in [3.05, 3.63) is 88.6 Å². The van der Waals surface area contributed by atoms with E-state index in [9.17, 15) is 4.79 Å². The quantitative estimate of drug-likeness (QED) is 0.310. The molecule has 8 nitrogen and oxygen atoms in total. The molecule has 2 aliphatic rings. The number of anilines is 1. The number of hydrazine groups is 1. The predicted molar refractivity (Wildman–Crippen MR) is 161 cm³/mol. The number of aromatic nitrogens is 2. The number of nitrogens with zero attached hydrogens (tertiary/aromatic N) is 5. The van der Waals surface area contributed by atoms with E-state index >= 15 is 0 Å². The summed E-state index contributed by atoms with van der Waals surface area (Å²) in [5.41, 5.74) is 8.10. The molecule has 0 spiro atoms. The molecule has 1 aromatic heterocycles. The first-order chi connectivity index (χ1) is 19.5. The maximum absolute atomic E-state index is 12.7. The number of carbonyl (C=O) groups excluding carboxylic acids is 1. The summed E-state index contributed by atoms with van der Waals surface area (Å²) >= 11 is 1.61. The molecule has 9 heteroatoms. The van der Waals surface area contributed by atoms with Gasteiger partial charge in [0.2, 0.25) is 0 Å². The molecule has 2 fully saturated rings. The van der Waals surface area contributed by atoms with Crippen LogP contribution in [0.15, 0.2) is 65.8 Å². The van der Waals surface area contributed by atoms with E-state index in [0.29, 0.717) is 37.6 Å². The van der Waals surface area contributed by atoms with Crippen LogP contribution in [-0.4, -0.2) is 84.8 Å². The summed E-state index contributed by atoms with van der Waals surface area (Å²) in [4.78, 5) is 27.4. The predicted octanol–water partition coefficient (Wildman–Crippen LogP) is 4.20. The first-order valence-electron chi connectivity index (χ1n) is 13.9. The SMILES string of the molecule is Cc1nc(SCc2cccc(C(=O)NN3CCOCC3)c2)nc(N2CCN(C/C=C/c3ccccc3)CC2)c1C. The lowest BCUT2D eigenvalue weighted by Gasteiger charge is -2.35. The summed E-state index contributed by atoms with van der Waals surface area (Å²) in [6, 6.07) is 18.2. The standard InChI is InChI=1S/C31H38N6O2S/c1-24-25(2)32-31(40-23-27-10-6-12-28(22-27)30(38)34-37-18-20-39-21-19-37)33-29(24)36-16-14-35(15-17-36)13-7-11-26-8-4-3-5-9-26/h3-12,22H,13-21,23H2,1-2H3,(H,34,38)/b11-7+. The summed E-state index contributed by atoms with van der Waals surface area (Å²) in [6.45, 7) is 11.7. The van der Waals surface area contributed by atoms with E-state index in [1.54, 1.807) is 11.8 Å². The number of nitrogens with one attached hydrogen (secondary N) is 1. The van der Waals surface area contributed by atoms with Gasteiger partial charge in [-0.25, -0.2) is 15.0 Å². The highest BCUT2D eigenvalue weighted by Crippen LogP contribution is 2.27. The highest BCUT2D eigenvalue weighted by molar-refractivity contribution is 7.98. The van der Waals surface area contributed by atoms with Crippen LogP contribution in [0.2, 0.25) is 0 Å². The molecule has 40 heavy (non-hydrogen) atoms. The Morgan fingerprint density at radius 1 is 0.975 bits per heavy atom. The zero-order valence-corrected chi connectivity index (χ0v) is 24.2. The average molecular weight is 559 g/mol. The summed E-state index contributed by atoms with van der Waals surface area (Å²) < 4.78 is 5.36. The van der Waals surface area contributed by atoms with Crippen molar-refractivity contribution in [3.63, 3.8) is 0 Å². The Morgan fingerprint density at radius 3 is 2.52 bits per heavy atom. The molecular weight excluding hydrogens is 520 g/mol.